The predicted octanol–water partition coefficient (Wildman–Crippen LogP) is 4.18. The van der Waals surface area contributed by atoms with Gasteiger partial charge in [0.2, 0.25) is 0 Å². The molecule has 0 aliphatic heterocycles. The van der Waals surface area contributed by atoms with E-state index in [2.05, 4.69) is 31.1 Å². The molecule has 2 rings (SSSR count). The highest BCUT2D eigenvalue weighted by Gasteiger charge is 2.21. The predicted molar refractivity (Wildman–Crippen MR) is 81.9 cm³/mol. The van der Waals surface area contributed by atoms with Gasteiger partial charge in [0.15, 0.2) is 0 Å². The largest absolute Gasteiger partial charge is 0.346 e. The standard InChI is InChI=1S/C14H18N2OS2/c1-4-7-14(2,3)16-12(17)11-9-15-13(19-11)10-6-5-8-18-10/h5-6,8-9H,4,7H2,1-3H3,(H,16,17). The van der Waals surface area contributed by atoms with Crippen LogP contribution in [0.2, 0.25) is 0 Å². The van der Waals surface area contributed by atoms with Crippen molar-refractivity contribution in [2.75, 3.05) is 0 Å². The summed E-state index contributed by atoms with van der Waals surface area (Å²) in [5.41, 5.74) is -0.168. The third-order valence-corrected chi connectivity index (χ3v) is 4.82. The van der Waals surface area contributed by atoms with Gasteiger partial charge in [0.25, 0.3) is 5.91 Å². The molecule has 0 unspecified atom stereocenters. The molecule has 0 aromatic carbocycles. The maximum absolute atomic E-state index is 12.2. The molecule has 0 spiro atoms. The van der Waals surface area contributed by atoms with Gasteiger partial charge in [0, 0.05) is 5.54 Å². The number of hydrogen-bond acceptors (Lipinski definition) is 4. The van der Waals surface area contributed by atoms with Gasteiger partial charge in [-0.2, -0.15) is 0 Å². The van der Waals surface area contributed by atoms with E-state index in [4.69, 9.17) is 0 Å². The second-order valence-electron chi connectivity index (χ2n) is 5.09. The average molecular weight is 294 g/mol. The van der Waals surface area contributed by atoms with Gasteiger partial charge in [-0.05, 0) is 31.7 Å². The Morgan fingerprint density at radius 3 is 2.89 bits per heavy atom. The first-order chi connectivity index (χ1) is 9.02. The molecule has 1 amide bonds. The Morgan fingerprint density at radius 1 is 1.47 bits per heavy atom. The summed E-state index contributed by atoms with van der Waals surface area (Å²) in [5.74, 6) is -0.0289. The minimum atomic E-state index is -0.168. The van der Waals surface area contributed by atoms with E-state index in [0.29, 0.717) is 4.88 Å². The van der Waals surface area contributed by atoms with Crippen molar-refractivity contribution in [1.29, 1.82) is 0 Å². The van der Waals surface area contributed by atoms with Crippen LogP contribution in [0.3, 0.4) is 0 Å². The fourth-order valence-electron chi connectivity index (χ4n) is 1.95. The number of amides is 1. The summed E-state index contributed by atoms with van der Waals surface area (Å²) in [6, 6.07) is 4.01. The summed E-state index contributed by atoms with van der Waals surface area (Å²) in [6.07, 6.45) is 3.68. The summed E-state index contributed by atoms with van der Waals surface area (Å²) in [7, 11) is 0. The third kappa shape index (κ3) is 3.64. The number of thiophene rings is 1. The molecule has 1 N–H and O–H groups in total. The number of carbonyl (C=O) groups is 1. The van der Waals surface area contributed by atoms with Crippen molar-refractivity contribution in [3.63, 3.8) is 0 Å². The molecule has 0 saturated heterocycles. The molecule has 2 heterocycles. The highest BCUT2D eigenvalue weighted by molar-refractivity contribution is 7.21. The normalized spacial score (nSPS) is 11.5. The number of thiazole rings is 1. The summed E-state index contributed by atoms with van der Waals surface area (Å²) in [6.45, 7) is 6.22. The van der Waals surface area contributed by atoms with E-state index in [1.54, 1.807) is 17.5 Å². The molecule has 0 atom stereocenters. The lowest BCUT2D eigenvalue weighted by Gasteiger charge is -2.25. The minimum Gasteiger partial charge on any atom is -0.346 e. The van der Waals surface area contributed by atoms with Crippen LogP contribution in [0, 0.1) is 0 Å². The Bertz CT molecular complexity index is 544. The lowest BCUT2D eigenvalue weighted by atomic mass is 9.99. The minimum absolute atomic E-state index is 0.0289. The zero-order valence-electron chi connectivity index (χ0n) is 11.4. The van der Waals surface area contributed by atoms with Crippen LogP contribution in [0.25, 0.3) is 9.88 Å². The van der Waals surface area contributed by atoms with Crippen LogP contribution in [0.15, 0.2) is 23.7 Å². The SMILES string of the molecule is CCCC(C)(C)NC(=O)c1cnc(-c2cccs2)s1. The lowest BCUT2D eigenvalue weighted by molar-refractivity contribution is 0.0913. The van der Waals surface area contributed by atoms with Gasteiger partial charge < -0.3 is 5.32 Å². The van der Waals surface area contributed by atoms with Crippen molar-refractivity contribution < 1.29 is 4.79 Å². The number of nitrogens with one attached hydrogen (secondary N) is 1. The second-order valence-corrected chi connectivity index (χ2v) is 7.07. The quantitative estimate of drug-likeness (QED) is 0.899. The summed E-state index contributed by atoms with van der Waals surface area (Å²) in [5, 5.41) is 5.99. The summed E-state index contributed by atoms with van der Waals surface area (Å²) >= 11 is 3.08. The fourth-order valence-corrected chi connectivity index (χ4v) is 3.56. The zero-order valence-corrected chi connectivity index (χ0v) is 13.0. The van der Waals surface area contributed by atoms with Crippen molar-refractivity contribution in [3.8, 4) is 9.88 Å². The van der Waals surface area contributed by atoms with Crippen LogP contribution in [-0.2, 0) is 0 Å². The van der Waals surface area contributed by atoms with Crippen LogP contribution in [0.5, 0.6) is 0 Å². The maximum Gasteiger partial charge on any atom is 0.263 e. The van der Waals surface area contributed by atoms with Gasteiger partial charge in [-0.15, -0.1) is 22.7 Å². The molecule has 19 heavy (non-hydrogen) atoms. The van der Waals surface area contributed by atoms with Crippen molar-refractivity contribution in [2.45, 2.75) is 39.2 Å². The van der Waals surface area contributed by atoms with E-state index in [1.807, 2.05) is 17.5 Å². The highest BCUT2D eigenvalue weighted by atomic mass is 32.1. The molecule has 0 saturated carbocycles. The van der Waals surface area contributed by atoms with Gasteiger partial charge in [-0.1, -0.05) is 19.4 Å². The zero-order chi connectivity index (χ0) is 13.9. The first-order valence-corrected chi connectivity index (χ1v) is 8.03. The van der Waals surface area contributed by atoms with E-state index in [1.165, 1.54) is 11.3 Å². The number of rotatable bonds is 5. The molecular weight excluding hydrogens is 276 g/mol. The van der Waals surface area contributed by atoms with Gasteiger partial charge in [0.1, 0.15) is 9.88 Å². The number of hydrogen-bond donors (Lipinski definition) is 1. The van der Waals surface area contributed by atoms with Gasteiger partial charge in [-0.25, -0.2) is 4.98 Å². The van der Waals surface area contributed by atoms with E-state index in [9.17, 15) is 4.79 Å². The van der Waals surface area contributed by atoms with Gasteiger partial charge in [0.05, 0.1) is 11.1 Å². The van der Waals surface area contributed by atoms with E-state index in [0.717, 1.165) is 22.7 Å². The fraction of sp³-hybridized carbons (Fsp3) is 0.429. The van der Waals surface area contributed by atoms with Crippen LogP contribution in [0.4, 0.5) is 0 Å². The van der Waals surface area contributed by atoms with Crippen molar-refractivity contribution in [1.82, 2.24) is 10.3 Å². The van der Waals surface area contributed by atoms with E-state index < -0.39 is 0 Å². The Kier molecular flexibility index (Phi) is 4.37. The van der Waals surface area contributed by atoms with Gasteiger partial charge in [-0.3, -0.25) is 4.79 Å². The third-order valence-electron chi connectivity index (χ3n) is 2.79. The second kappa shape index (κ2) is 5.84. The molecular formula is C14H18N2OS2. The van der Waals surface area contributed by atoms with Crippen LogP contribution < -0.4 is 5.32 Å². The number of carbonyl (C=O) groups excluding carboxylic acids is 1. The topological polar surface area (TPSA) is 42.0 Å². The van der Waals surface area contributed by atoms with Crippen LogP contribution in [0.1, 0.15) is 43.3 Å². The number of nitrogens with zero attached hydrogens (tertiary/aromatic N) is 1. The average Bonchev–Trinajstić information content (AvgIpc) is 2.99. The Labute approximate surface area is 121 Å². The molecule has 2 aromatic heterocycles. The van der Waals surface area contributed by atoms with Crippen LogP contribution >= 0.6 is 22.7 Å². The van der Waals surface area contributed by atoms with Crippen molar-refractivity contribution >= 4 is 28.6 Å². The molecule has 102 valence electrons. The molecule has 0 fully saturated rings. The molecule has 0 radical (unpaired) electrons. The van der Waals surface area contributed by atoms with Crippen molar-refractivity contribution in [3.05, 3.63) is 28.6 Å². The summed E-state index contributed by atoms with van der Waals surface area (Å²) < 4.78 is 0. The first-order valence-electron chi connectivity index (χ1n) is 6.34. The highest BCUT2D eigenvalue weighted by Crippen LogP contribution is 2.29. The Morgan fingerprint density at radius 2 is 2.26 bits per heavy atom. The monoisotopic (exact) mass is 294 g/mol. The van der Waals surface area contributed by atoms with Gasteiger partial charge >= 0.3 is 0 Å². The molecule has 0 bridgehead atoms. The molecule has 5 heteroatoms. The summed E-state index contributed by atoms with van der Waals surface area (Å²) in [4.78, 5) is 18.3. The number of aromatic nitrogens is 1. The Balaban J connectivity index is 2.08. The molecule has 3 nitrogen and oxygen atoms in total. The Hall–Kier alpha value is -1.20. The van der Waals surface area contributed by atoms with E-state index >= 15 is 0 Å². The maximum atomic E-state index is 12.2. The first kappa shape index (κ1) is 14.2. The van der Waals surface area contributed by atoms with E-state index in [-0.39, 0.29) is 11.4 Å². The molecule has 0 aliphatic carbocycles. The van der Waals surface area contributed by atoms with Crippen LogP contribution in [-0.4, -0.2) is 16.4 Å². The smallest absolute Gasteiger partial charge is 0.263 e. The van der Waals surface area contributed by atoms with Crippen molar-refractivity contribution in [2.24, 2.45) is 0 Å². The lowest BCUT2D eigenvalue weighted by Crippen LogP contribution is -2.42. The molecule has 2 aromatic rings. The molecule has 0 aliphatic rings.